The van der Waals surface area contributed by atoms with Gasteiger partial charge in [0.25, 0.3) is 0 Å². The lowest BCUT2D eigenvalue weighted by atomic mass is 9.99. The van der Waals surface area contributed by atoms with Gasteiger partial charge < -0.3 is 14.2 Å². The Bertz CT molecular complexity index is 618. The highest BCUT2D eigenvalue weighted by molar-refractivity contribution is 6.21. The molecule has 106 valence electrons. The molecule has 20 heavy (non-hydrogen) atoms. The van der Waals surface area contributed by atoms with E-state index in [1.807, 2.05) is 37.3 Å². The van der Waals surface area contributed by atoms with E-state index in [9.17, 15) is 0 Å². The van der Waals surface area contributed by atoms with Gasteiger partial charge in [0.2, 0.25) is 5.79 Å². The van der Waals surface area contributed by atoms with Crippen LogP contribution in [0.2, 0.25) is 0 Å². The molecule has 3 rings (SSSR count). The maximum atomic E-state index is 6.30. The fourth-order valence-electron chi connectivity index (χ4n) is 2.62. The first-order valence-corrected chi connectivity index (χ1v) is 7.09. The van der Waals surface area contributed by atoms with Gasteiger partial charge in [-0.2, -0.15) is 0 Å². The second-order valence-electron chi connectivity index (χ2n) is 4.91. The summed E-state index contributed by atoms with van der Waals surface area (Å²) in [5.41, 5.74) is 0.954. The molecule has 1 aliphatic heterocycles. The fourth-order valence-corrected chi connectivity index (χ4v) is 2.87. The van der Waals surface area contributed by atoms with E-state index in [0.717, 1.165) is 22.1 Å². The number of methoxy groups -OCH3 is 1. The van der Waals surface area contributed by atoms with Gasteiger partial charge in [-0.25, -0.2) is 0 Å². The Kier molecular flexibility index (Phi) is 3.59. The van der Waals surface area contributed by atoms with E-state index in [-0.39, 0.29) is 5.38 Å². The minimum Gasteiger partial charge on any atom is -0.497 e. The van der Waals surface area contributed by atoms with Crippen LogP contribution in [-0.4, -0.2) is 25.7 Å². The standard InChI is InChI=1S/C16H17ClO3/c1-11(17)16(19-7-8-20-16)14-5-3-13-10-15(18-2)6-4-12(13)9-14/h3-6,9-11H,7-8H2,1-2H3. The first kappa shape index (κ1) is 13.7. The van der Waals surface area contributed by atoms with Gasteiger partial charge in [-0.3, -0.25) is 0 Å². The first-order valence-electron chi connectivity index (χ1n) is 6.66. The third-order valence-corrected chi connectivity index (χ3v) is 3.98. The summed E-state index contributed by atoms with van der Waals surface area (Å²) in [6.07, 6.45) is 0. The fraction of sp³-hybridized carbons (Fsp3) is 0.375. The van der Waals surface area contributed by atoms with Gasteiger partial charge in [-0.05, 0) is 35.9 Å². The lowest BCUT2D eigenvalue weighted by molar-refractivity contribution is -0.164. The van der Waals surface area contributed by atoms with Crippen molar-refractivity contribution >= 4 is 22.4 Å². The first-order chi connectivity index (χ1) is 9.65. The summed E-state index contributed by atoms with van der Waals surface area (Å²) in [6.45, 7) is 3.03. The van der Waals surface area contributed by atoms with Crippen molar-refractivity contribution in [3.63, 3.8) is 0 Å². The summed E-state index contributed by atoms with van der Waals surface area (Å²) in [5, 5.41) is 1.96. The van der Waals surface area contributed by atoms with E-state index in [4.69, 9.17) is 25.8 Å². The smallest absolute Gasteiger partial charge is 0.211 e. The minimum absolute atomic E-state index is 0.263. The van der Waals surface area contributed by atoms with E-state index in [2.05, 4.69) is 6.07 Å². The van der Waals surface area contributed by atoms with Gasteiger partial charge in [-0.15, -0.1) is 11.6 Å². The lowest BCUT2D eigenvalue weighted by Crippen LogP contribution is -2.35. The van der Waals surface area contributed by atoms with Crippen LogP contribution in [0.3, 0.4) is 0 Å². The number of rotatable bonds is 3. The maximum Gasteiger partial charge on any atom is 0.211 e. The van der Waals surface area contributed by atoms with Crippen molar-refractivity contribution < 1.29 is 14.2 Å². The molecule has 2 aromatic rings. The van der Waals surface area contributed by atoms with Crippen molar-refractivity contribution in [2.75, 3.05) is 20.3 Å². The Labute approximate surface area is 123 Å². The Balaban J connectivity index is 2.08. The molecule has 1 atom stereocenters. The topological polar surface area (TPSA) is 27.7 Å². The zero-order valence-electron chi connectivity index (χ0n) is 11.6. The Hall–Kier alpha value is -1.29. The van der Waals surface area contributed by atoms with Crippen LogP contribution in [0.25, 0.3) is 10.8 Å². The molecule has 1 saturated heterocycles. The van der Waals surface area contributed by atoms with Gasteiger partial charge in [0.05, 0.1) is 25.7 Å². The minimum atomic E-state index is -0.838. The quantitative estimate of drug-likeness (QED) is 0.808. The zero-order chi connectivity index (χ0) is 14.2. The van der Waals surface area contributed by atoms with Crippen molar-refractivity contribution in [2.24, 2.45) is 0 Å². The molecule has 4 heteroatoms. The van der Waals surface area contributed by atoms with Crippen molar-refractivity contribution in [2.45, 2.75) is 18.1 Å². The normalized spacial score (nSPS) is 19.1. The van der Waals surface area contributed by atoms with Crippen molar-refractivity contribution in [3.8, 4) is 5.75 Å². The summed E-state index contributed by atoms with van der Waals surface area (Å²) < 4.78 is 16.8. The molecule has 3 nitrogen and oxygen atoms in total. The third kappa shape index (κ3) is 2.16. The third-order valence-electron chi connectivity index (χ3n) is 3.69. The van der Waals surface area contributed by atoms with E-state index in [1.165, 1.54) is 0 Å². The molecule has 0 radical (unpaired) electrons. The van der Waals surface area contributed by atoms with Crippen LogP contribution in [0.5, 0.6) is 5.75 Å². The predicted molar refractivity (Wildman–Crippen MR) is 79.4 cm³/mol. The molecule has 2 aromatic carbocycles. The Morgan fingerprint density at radius 3 is 2.40 bits per heavy atom. The zero-order valence-corrected chi connectivity index (χ0v) is 12.3. The maximum absolute atomic E-state index is 6.30. The summed E-state index contributed by atoms with van der Waals surface area (Å²) in [6, 6.07) is 12.1. The molecular weight excluding hydrogens is 276 g/mol. The molecule has 0 amide bonds. The van der Waals surface area contributed by atoms with Gasteiger partial charge in [0.1, 0.15) is 5.75 Å². The number of alkyl halides is 1. The van der Waals surface area contributed by atoms with Crippen LogP contribution in [0, 0.1) is 0 Å². The Morgan fingerprint density at radius 1 is 1.10 bits per heavy atom. The highest BCUT2D eigenvalue weighted by Crippen LogP contribution is 2.39. The molecule has 0 N–H and O–H groups in total. The summed E-state index contributed by atoms with van der Waals surface area (Å²) in [4.78, 5) is 0. The van der Waals surface area contributed by atoms with Crippen LogP contribution in [-0.2, 0) is 15.3 Å². The van der Waals surface area contributed by atoms with Gasteiger partial charge in [0, 0.05) is 5.56 Å². The van der Waals surface area contributed by atoms with Crippen LogP contribution in [0.15, 0.2) is 36.4 Å². The van der Waals surface area contributed by atoms with Crippen molar-refractivity contribution in [1.29, 1.82) is 0 Å². The SMILES string of the molecule is COc1ccc2cc(C3(C(C)Cl)OCCO3)ccc2c1. The molecular formula is C16H17ClO3. The van der Waals surface area contributed by atoms with Gasteiger partial charge in [-0.1, -0.05) is 18.2 Å². The molecule has 1 heterocycles. The number of ether oxygens (including phenoxy) is 3. The van der Waals surface area contributed by atoms with E-state index < -0.39 is 5.79 Å². The van der Waals surface area contributed by atoms with Gasteiger partial charge in [0.15, 0.2) is 0 Å². The number of halogens is 1. The van der Waals surface area contributed by atoms with Crippen LogP contribution >= 0.6 is 11.6 Å². The molecule has 0 aliphatic carbocycles. The summed E-state index contributed by atoms with van der Waals surface area (Å²) in [7, 11) is 1.67. The number of fused-ring (bicyclic) bond motifs is 1. The van der Waals surface area contributed by atoms with Crippen molar-refractivity contribution in [1.82, 2.24) is 0 Å². The highest BCUT2D eigenvalue weighted by atomic mass is 35.5. The van der Waals surface area contributed by atoms with Gasteiger partial charge >= 0.3 is 0 Å². The molecule has 0 spiro atoms. The number of benzene rings is 2. The van der Waals surface area contributed by atoms with Crippen LogP contribution < -0.4 is 4.74 Å². The average Bonchev–Trinajstić information content (AvgIpc) is 2.97. The van der Waals surface area contributed by atoms with Crippen LogP contribution in [0.4, 0.5) is 0 Å². The average molecular weight is 293 g/mol. The molecule has 1 unspecified atom stereocenters. The molecule has 0 saturated carbocycles. The highest BCUT2D eigenvalue weighted by Gasteiger charge is 2.43. The molecule has 0 aromatic heterocycles. The monoisotopic (exact) mass is 292 g/mol. The van der Waals surface area contributed by atoms with E-state index >= 15 is 0 Å². The largest absolute Gasteiger partial charge is 0.497 e. The van der Waals surface area contributed by atoms with Crippen LogP contribution in [0.1, 0.15) is 12.5 Å². The second-order valence-corrected chi connectivity index (χ2v) is 5.56. The molecule has 0 bridgehead atoms. The van der Waals surface area contributed by atoms with Crippen molar-refractivity contribution in [3.05, 3.63) is 42.0 Å². The second kappa shape index (κ2) is 5.24. The summed E-state index contributed by atoms with van der Waals surface area (Å²) >= 11 is 6.30. The number of hydrogen-bond donors (Lipinski definition) is 0. The van der Waals surface area contributed by atoms with E-state index in [0.29, 0.717) is 13.2 Å². The predicted octanol–water partition coefficient (Wildman–Crippen LogP) is 3.68. The molecule has 1 aliphatic rings. The lowest BCUT2D eigenvalue weighted by Gasteiger charge is -2.30. The summed E-state index contributed by atoms with van der Waals surface area (Å²) in [5.74, 6) is 0.00871. The molecule has 1 fully saturated rings. The van der Waals surface area contributed by atoms with E-state index in [1.54, 1.807) is 7.11 Å². The number of hydrogen-bond acceptors (Lipinski definition) is 3. The Morgan fingerprint density at radius 2 is 1.75 bits per heavy atom.